The zero-order valence-electron chi connectivity index (χ0n) is 12.7. The molecule has 4 heteroatoms. The molecule has 0 aromatic carbocycles. The van der Waals surface area contributed by atoms with E-state index in [9.17, 15) is 0 Å². The fourth-order valence-electron chi connectivity index (χ4n) is 3.11. The summed E-state index contributed by atoms with van der Waals surface area (Å²) in [6.07, 6.45) is 5.90. The molecule has 1 aromatic heterocycles. The van der Waals surface area contributed by atoms with Gasteiger partial charge in [0.2, 0.25) is 5.88 Å². The minimum atomic E-state index is 0.149. The predicted molar refractivity (Wildman–Crippen MR) is 81.2 cm³/mol. The van der Waals surface area contributed by atoms with E-state index in [1.54, 1.807) is 6.20 Å². The first kappa shape index (κ1) is 13.7. The van der Waals surface area contributed by atoms with Crippen LogP contribution in [-0.4, -0.2) is 40.7 Å². The highest BCUT2D eigenvalue weighted by Crippen LogP contribution is 2.34. The average Bonchev–Trinajstić information content (AvgIpc) is 3.16. The Labute approximate surface area is 121 Å². The third-order valence-electron chi connectivity index (χ3n) is 4.12. The van der Waals surface area contributed by atoms with Crippen LogP contribution in [0.1, 0.15) is 40.0 Å². The van der Waals surface area contributed by atoms with E-state index in [-0.39, 0.29) is 6.10 Å². The van der Waals surface area contributed by atoms with Crippen molar-refractivity contribution in [3.8, 4) is 5.88 Å². The largest absolute Gasteiger partial charge is 0.473 e. The number of nitrogens with one attached hydrogen (secondary N) is 1. The molecule has 2 aliphatic rings. The summed E-state index contributed by atoms with van der Waals surface area (Å²) in [5.41, 5.74) is 1.02. The molecule has 4 nitrogen and oxygen atoms in total. The van der Waals surface area contributed by atoms with Crippen molar-refractivity contribution >= 4 is 5.69 Å². The van der Waals surface area contributed by atoms with Gasteiger partial charge in [-0.05, 0) is 52.2 Å². The second-order valence-electron chi connectivity index (χ2n) is 6.38. The lowest BCUT2D eigenvalue weighted by Gasteiger charge is -2.20. The zero-order valence-corrected chi connectivity index (χ0v) is 12.7. The summed E-state index contributed by atoms with van der Waals surface area (Å²) < 4.78 is 5.78. The van der Waals surface area contributed by atoms with Crippen molar-refractivity contribution in [3.63, 3.8) is 0 Å². The van der Waals surface area contributed by atoms with Gasteiger partial charge in [0, 0.05) is 30.9 Å². The van der Waals surface area contributed by atoms with Crippen LogP contribution in [0.25, 0.3) is 0 Å². The van der Waals surface area contributed by atoms with E-state index in [1.807, 2.05) is 19.9 Å². The Bertz CT molecular complexity index is 459. The molecular weight excluding hydrogens is 250 g/mol. The normalized spacial score (nSPS) is 27.0. The third-order valence-corrected chi connectivity index (χ3v) is 4.12. The van der Waals surface area contributed by atoms with Crippen molar-refractivity contribution in [2.24, 2.45) is 0 Å². The Hall–Kier alpha value is -1.29. The molecule has 1 aliphatic heterocycles. The Morgan fingerprint density at radius 2 is 2.20 bits per heavy atom. The van der Waals surface area contributed by atoms with Crippen molar-refractivity contribution in [3.05, 3.63) is 18.3 Å². The van der Waals surface area contributed by atoms with Crippen LogP contribution in [-0.2, 0) is 0 Å². The van der Waals surface area contributed by atoms with E-state index in [0.717, 1.165) is 24.2 Å². The molecule has 3 rings (SSSR count). The smallest absolute Gasteiger partial charge is 0.237 e. The van der Waals surface area contributed by atoms with Crippen LogP contribution >= 0.6 is 0 Å². The number of likely N-dealkylation sites (tertiary alicyclic amines) is 1. The van der Waals surface area contributed by atoms with E-state index in [1.165, 1.54) is 19.3 Å². The SMILES string of the molecule is CC(C)Oc1ncccc1NC1CC(C)N(C2CC2)C1. The summed E-state index contributed by atoms with van der Waals surface area (Å²) in [6.45, 7) is 7.55. The number of nitrogens with zero attached hydrogens (tertiary/aromatic N) is 2. The Kier molecular flexibility index (Phi) is 3.83. The van der Waals surface area contributed by atoms with Crippen molar-refractivity contribution < 1.29 is 4.74 Å². The Morgan fingerprint density at radius 3 is 2.90 bits per heavy atom. The molecular formula is C16H25N3O. The molecule has 20 heavy (non-hydrogen) atoms. The molecule has 1 aliphatic carbocycles. The van der Waals surface area contributed by atoms with Gasteiger partial charge in [0.1, 0.15) is 0 Å². The molecule has 0 amide bonds. The molecule has 0 bridgehead atoms. The zero-order chi connectivity index (χ0) is 14.1. The van der Waals surface area contributed by atoms with Gasteiger partial charge in [-0.2, -0.15) is 0 Å². The summed E-state index contributed by atoms with van der Waals surface area (Å²) >= 11 is 0. The van der Waals surface area contributed by atoms with Crippen LogP contribution < -0.4 is 10.1 Å². The number of ether oxygens (including phenoxy) is 1. The van der Waals surface area contributed by atoms with E-state index < -0.39 is 0 Å². The van der Waals surface area contributed by atoms with Gasteiger partial charge in [-0.25, -0.2) is 4.98 Å². The van der Waals surface area contributed by atoms with E-state index in [2.05, 4.69) is 28.2 Å². The lowest BCUT2D eigenvalue weighted by Crippen LogP contribution is -2.31. The van der Waals surface area contributed by atoms with Crippen molar-refractivity contribution in [1.82, 2.24) is 9.88 Å². The molecule has 2 heterocycles. The van der Waals surface area contributed by atoms with Crippen LogP contribution in [0.2, 0.25) is 0 Å². The monoisotopic (exact) mass is 275 g/mol. The first-order chi connectivity index (χ1) is 9.63. The highest BCUT2D eigenvalue weighted by Gasteiger charge is 2.38. The van der Waals surface area contributed by atoms with Gasteiger partial charge in [-0.15, -0.1) is 0 Å². The topological polar surface area (TPSA) is 37.4 Å². The minimum absolute atomic E-state index is 0.149. The molecule has 1 saturated heterocycles. The molecule has 2 fully saturated rings. The number of anilines is 1. The molecule has 1 aromatic rings. The second-order valence-corrected chi connectivity index (χ2v) is 6.38. The maximum Gasteiger partial charge on any atom is 0.237 e. The average molecular weight is 275 g/mol. The number of hydrogen-bond donors (Lipinski definition) is 1. The quantitative estimate of drug-likeness (QED) is 0.896. The minimum Gasteiger partial charge on any atom is -0.473 e. The van der Waals surface area contributed by atoms with Crippen LogP contribution in [0.4, 0.5) is 5.69 Å². The predicted octanol–water partition coefficient (Wildman–Crippen LogP) is 2.91. The third kappa shape index (κ3) is 3.06. The highest BCUT2D eigenvalue weighted by atomic mass is 16.5. The van der Waals surface area contributed by atoms with Crippen molar-refractivity contribution in [2.45, 2.75) is 64.3 Å². The molecule has 0 radical (unpaired) electrons. The number of rotatable bonds is 5. The summed E-state index contributed by atoms with van der Waals surface area (Å²) in [4.78, 5) is 7.00. The van der Waals surface area contributed by atoms with E-state index >= 15 is 0 Å². The summed E-state index contributed by atoms with van der Waals surface area (Å²) in [5, 5.41) is 3.63. The van der Waals surface area contributed by atoms with Gasteiger partial charge in [-0.3, -0.25) is 4.90 Å². The number of aromatic nitrogens is 1. The molecule has 1 N–H and O–H groups in total. The fraction of sp³-hybridized carbons (Fsp3) is 0.688. The van der Waals surface area contributed by atoms with Gasteiger partial charge >= 0.3 is 0 Å². The lowest BCUT2D eigenvalue weighted by atomic mass is 10.2. The maximum atomic E-state index is 5.78. The fourth-order valence-corrected chi connectivity index (χ4v) is 3.11. The molecule has 1 saturated carbocycles. The van der Waals surface area contributed by atoms with Crippen LogP contribution in [0.5, 0.6) is 5.88 Å². The molecule has 110 valence electrons. The molecule has 2 unspecified atom stereocenters. The summed E-state index contributed by atoms with van der Waals surface area (Å²) in [5.74, 6) is 0.722. The van der Waals surface area contributed by atoms with Crippen LogP contribution in [0.3, 0.4) is 0 Å². The Morgan fingerprint density at radius 1 is 1.40 bits per heavy atom. The summed E-state index contributed by atoms with van der Waals surface area (Å²) in [6, 6.07) is 6.06. The van der Waals surface area contributed by atoms with E-state index in [4.69, 9.17) is 4.74 Å². The highest BCUT2D eigenvalue weighted by molar-refractivity contribution is 5.53. The summed E-state index contributed by atoms with van der Waals surface area (Å²) in [7, 11) is 0. The number of pyridine rings is 1. The van der Waals surface area contributed by atoms with Gasteiger partial charge in [0.25, 0.3) is 0 Å². The molecule has 2 atom stereocenters. The van der Waals surface area contributed by atoms with Gasteiger partial charge in [0.15, 0.2) is 0 Å². The molecule has 0 spiro atoms. The lowest BCUT2D eigenvalue weighted by molar-refractivity contribution is 0.233. The standard InChI is InChI=1S/C16H25N3O/c1-11(2)20-16-15(5-4-8-17-16)18-13-9-12(3)19(10-13)14-6-7-14/h4-5,8,11-14,18H,6-7,9-10H2,1-3H3. The second kappa shape index (κ2) is 5.60. The van der Waals surface area contributed by atoms with E-state index in [0.29, 0.717) is 12.1 Å². The first-order valence-electron chi connectivity index (χ1n) is 7.77. The van der Waals surface area contributed by atoms with Gasteiger partial charge in [-0.1, -0.05) is 0 Å². The van der Waals surface area contributed by atoms with Crippen molar-refractivity contribution in [1.29, 1.82) is 0 Å². The number of hydrogen-bond acceptors (Lipinski definition) is 4. The van der Waals surface area contributed by atoms with Crippen molar-refractivity contribution in [2.75, 3.05) is 11.9 Å². The maximum absolute atomic E-state index is 5.78. The van der Waals surface area contributed by atoms with Crippen LogP contribution in [0.15, 0.2) is 18.3 Å². The van der Waals surface area contributed by atoms with Gasteiger partial charge < -0.3 is 10.1 Å². The first-order valence-corrected chi connectivity index (χ1v) is 7.77. The Balaban J connectivity index is 1.66. The van der Waals surface area contributed by atoms with Crippen LogP contribution in [0, 0.1) is 0 Å². The van der Waals surface area contributed by atoms with Gasteiger partial charge in [0.05, 0.1) is 11.8 Å².